The Morgan fingerprint density at radius 3 is 2.30 bits per heavy atom. The first-order chi connectivity index (χ1) is 9.20. The lowest BCUT2D eigenvalue weighted by Gasteiger charge is -2.34. The van der Waals surface area contributed by atoms with E-state index in [4.69, 9.17) is 4.74 Å². The van der Waals surface area contributed by atoms with Gasteiger partial charge in [-0.25, -0.2) is 0 Å². The van der Waals surface area contributed by atoms with Crippen LogP contribution in [0.25, 0.3) is 0 Å². The molecular formula is C15H25ClN2O2. The van der Waals surface area contributed by atoms with Gasteiger partial charge in [0.2, 0.25) is 0 Å². The summed E-state index contributed by atoms with van der Waals surface area (Å²) in [5.74, 6) is 0.885. The lowest BCUT2D eigenvalue weighted by atomic mass is 10.1. The molecule has 114 valence electrons. The molecule has 1 saturated heterocycles. The Hall–Kier alpha value is -0.810. The van der Waals surface area contributed by atoms with E-state index >= 15 is 0 Å². The summed E-state index contributed by atoms with van der Waals surface area (Å²) in [6.45, 7) is 8.14. The summed E-state index contributed by atoms with van der Waals surface area (Å²) in [5, 5.41) is 13.0. The highest BCUT2D eigenvalue weighted by molar-refractivity contribution is 5.85. The highest BCUT2D eigenvalue weighted by Gasteiger charge is 2.21. The smallest absolute Gasteiger partial charge is 0.119 e. The van der Waals surface area contributed by atoms with E-state index in [2.05, 4.69) is 22.3 Å². The van der Waals surface area contributed by atoms with Crippen LogP contribution in [0.15, 0.2) is 24.3 Å². The molecule has 5 heteroatoms. The van der Waals surface area contributed by atoms with Crippen molar-refractivity contribution in [2.45, 2.75) is 26.0 Å². The zero-order chi connectivity index (χ0) is 13.7. The van der Waals surface area contributed by atoms with Crippen molar-refractivity contribution in [3.05, 3.63) is 29.8 Å². The van der Waals surface area contributed by atoms with Gasteiger partial charge in [-0.1, -0.05) is 12.1 Å². The molecule has 4 nitrogen and oxygen atoms in total. The lowest BCUT2D eigenvalue weighted by Crippen LogP contribution is -2.46. The van der Waals surface area contributed by atoms with Crippen LogP contribution in [-0.4, -0.2) is 48.9 Å². The Labute approximate surface area is 127 Å². The van der Waals surface area contributed by atoms with Gasteiger partial charge in [-0.05, 0) is 31.5 Å². The zero-order valence-electron chi connectivity index (χ0n) is 12.2. The monoisotopic (exact) mass is 300 g/mol. The summed E-state index contributed by atoms with van der Waals surface area (Å²) in [4.78, 5) is 2.33. The van der Waals surface area contributed by atoms with Crippen LogP contribution < -0.4 is 10.1 Å². The van der Waals surface area contributed by atoms with Crippen molar-refractivity contribution < 1.29 is 9.84 Å². The number of halogens is 1. The van der Waals surface area contributed by atoms with Gasteiger partial charge in [0.15, 0.2) is 0 Å². The minimum atomic E-state index is 0. The van der Waals surface area contributed by atoms with Crippen molar-refractivity contribution in [3.8, 4) is 5.75 Å². The second kappa shape index (κ2) is 8.47. The highest BCUT2D eigenvalue weighted by atomic mass is 35.5. The number of nitrogens with one attached hydrogen (secondary N) is 1. The van der Waals surface area contributed by atoms with E-state index in [1.54, 1.807) is 0 Å². The van der Waals surface area contributed by atoms with Crippen molar-refractivity contribution in [2.24, 2.45) is 0 Å². The first-order valence-corrected chi connectivity index (χ1v) is 7.03. The van der Waals surface area contributed by atoms with Crippen LogP contribution in [0.5, 0.6) is 5.75 Å². The van der Waals surface area contributed by atoms with Crippen molar-refractivity contribution in [2.75, 3.05) is 32.8 Å². The standard InChI is InChI=1S/C15H24N2O2.ClH/c1-12(2)19-14-5-3-13(4-6-14)15(11-18)17-9-7-16-8-10-17;/h3-6,12,15-16,18H,7-11H2,1-2H3;1H/t15-;/m1./s1. The maximum absolute atomic E-state index is 9.65. The molecule has 1 fully saturated rings. The minimum absolute atomic E-state index is 0. The first kappa shape index (κ1) is 17.2. The molecule has 0 bridgehead atoms. The number of rotatable bonds is 5. The maximum atomic E-state index is 9.65. The molecule has 2 rings (SSSR count). The molecule has 0 spiro atoms. The predicted octanol–water partition coefficient (Wildman–Crippen LogP) is 1.83. The van der Waals surface area contributed by atoms with Gasteiger partial charge >= 0.3 is 0 Å². The molecule has 20 heavy (non-hydrogen) atoms. The Morgan fingerprint density at radius 2 is 1.80 bits per heavy atom. The topological polar surface area (TPSA) is 44.7 Å². The molecule has 0 saturated carbocycles. The molecule has 1 heterocycles. The summed E-state index contributed by atoms with van der Waals surface area (Å²) in [6.07, 6.45) is 0.188. The minimum Gasteiger partial charge on any atom is -0.491 e. The van der Waals surface area contributed by atoms with Crippen LogP contribution in [0.3, 0.4) is 0 Å². The van der Waals surface area contributed by atoms with Gasteiger partial charge in [0.25, 0.3) is 0 Å². The van der Waals surface area contributed by atoms with Crippen LogP contribution in [0.2, 0.25) is 0 Å². The quantitative estimate of drug-likeness (QED) is 0.871. The Bertz CT molecular complexity index is 378. The van der Waals surface area contributed by atoms with Gasteiger partial charge in [0.05, 0.1) is 18.8 Å². The molecule has 1 aromatic carbocycles. The lowest BCUT2D eigenvalue weighted by molar-refractivity contribution is 0.111. The average Bonchev–Trinajstić information content (AvgIpc) is 2.42. The fraction of sp³-hybridized carbons (Fsp3) is 0.600. The zero-order valence-corrected chi connectivity index (χ0v) is 13.0. The number of ether oxygens (including phenoxy) is 1. The van der Waals surface area contributed by atoms with Gasteiger partial charge in [0.1, 0.15) is 5.75 Å². The van der Waals surface area contributed by atoms with Crippen LogP contribution >= 0.6 is 12.4 Å². The molecule has 1 atom stereocenters. The number of nitrogens with zero attached hydrogens (tertiary/aromatic N) is 1. The third-order valence-electron chi connectivity index (χ3n) is 3.40. The molecule has 2 N–H and O–H groups in total. The van der Waals surface area contributed by atoms with Crippen molar-refractivity contribution >= 4 is 12.4 Å². The number of hydrogen-bond acceptors (Lipinski definition) is 4. The van der Waals surface area contributed by atoms with Crippen molar-refractivity contribution in [3.63, 3.8) is 0 Å². The fourth-order valence-corrected chi connectivity index (χ4v) is 2.47. The fourth-order valence-electron chi connectivity index (χ4n) is 2.47. The number of piperazine rings is 1. The average molecular weight is 301 g/mol. The molecule has 0 amide bonds. The molecule has 0 aliphatic carbocycles. The second-order valence-corrected chi connectivity index (χ2v) is 5.22. The van der Waals surface area contributed by atoms with Crippen LogP contribution in [-0.2, 0) is 0 Å². The highest BCUT2D eigenvalue weighted by Crippen LogP contribution is 2.23. The van der Waals surface area contributed by atoms with E-state index < -0.39 is 0 Å². The Morgan fingerprint density at radius 1 is 1.20 bits per heavy atom. The van der Waals surface area contributed by atoms with E-state index in [0.717, 1.165) is 37.5 Å². The van der Waals surface area contributed by atoms with Gasteiger partial charge in [0, 0.05) is 26.2 Å². The van der Waals surface area contributed by atoms with Gasteiger partial charge in [-0.2, -0.15) is 0 Å². The number of aliphatic hydroxyl groups excluding tert-OH is 1. The van der Waals surface area contributed by atoms with Crippen LogP contribution in [0.1, 0.15) is 25.5 Å². The predicted molar refractivity (Wildman–Crippen MR) is 83.7 cm³/mol. The Balaban J connectivity index is 0.00000200. The molecule has 1 aliphatic rings. The van der Waals surface area contributed by atoms with E-state index in [-0.39, 0.29) is 31.2 Å². The first-order valence-electron chi connectivity index (χ1n) is 7.03. The van der Waals surface area contributed by atoms with Crippen LogP contribution in [0, 0.1) is 0 Å². The van der Waals surface area contributed by atoms with E-state index in [0.29, 0.717) is 0 Å². The summed E-state index contributed by atoms with van der Waals surface area (Å²) >= 11 is 0. The third-order valence-corrected chi connectivity index (χ3v) is 3.40. The number of hydrogen-bond donors (Lipinski definition) is 2. The van der Waals surface area contributed by atoms with Crippen molar-refractivity contribution in [1.29, 1.82) is 0 Å². The normalized spacial score (nSPS) is 17.6. The molecule has 1 aliphatic heterocycles. The third kappa shape index (κ3) is 4.63. The van der Waals surface area contributed by atoms with E-state index in [1.807, 2.05) is 26.0 Å². The van der Waals surface area contributed by atoms with Gasteiger partial charge < -0.3 is 15.2 Å². The van der Waals surface area contributed by atoms with Gasteiger partial charge in [-0.3, -0.25) is 4.90 Å². The number of aliphatic hydroxyl groups is 1. The molecule has 0 unspecified atom stereocenters. The molecule has 0 aromatic heterocycles. The largest absolute Gasteiger partial charge is 0.491 e. The summed E-state index contributed by atoms with van der Waals surface area (Å²) in [6, 6.07) is 8.18. The summed E-state index contributed by atoms with van der Waals surface area (Å²) < 4.78 is 5.64. The molecule has 0 radical (unpaired) electrons. The molecule has 1 aromatic rings. The summed E-state index contributed by atoms with van der Waals surface area (Å²) in [5.41, 5.74) is 1.15. The Kier molecular flexibility index (Phi) is 7.30. The van der Waals surface area contributed by atoms with Crippen molar-refractivity contribution in [1.82, 2.24) is 10.2 Å². The second-order valence-electron chi connectivity index (χ2n) is 5.22. The SMILES string of the molecule is CC(C)Oc1ccc([C@@H](CO)N2CCNCC2)cc1.Cl. The van der Waals surface area contributed by atoms with Gasteiger partial charge in [-0.15, -0.1) is 12.4 Å². The maximum Gasteiger partial charge on any atom is 0.119 e. The number of benzene rings is 1. The van der Waals surface area contributed by atoms with E-state index in [1.165, 1.54) is 0 Å². The van der Waals surface area contributed by atoms with E-state index in [9.17, 15) is 5.11 Å². The van der Waals surface area contributed by atoms with Crippen LogP contribution in [0.4, 0.5) is 0 Å². The molecular weight excluding hydrogens is 276 g/mol. The summed E-state index contributed by atoms with van der Waals surface area (Å²) in [7, 11) is 0.